The number of likely N-dealkylation sites (N-methyl/N-ethyl adjacent to an activating group) is 1. The minimum Gasteiger partial charge on any atom is -0.382 e. The number of fused-ring (bicyclic) bond motifs is 3. The highest BCUT2D eigenvalue weighted by molar-refractivity contribution is 7.99. The van der Waals surface area contributed by atoms with Crippen molar-refractivity contribution in [3.8, 4) is 11.1 Å². The smallest absolute Gasteiger partial charge is 0.245 e. The number of para-hydroxylation sites is 1. The Morgan fingerprint density at radius 1 is 0.932 bits per heavy atom. The Morgan fingerprint density at radius 3 is 2.53 bits per heavy atom. The summed E-state index contributed by atoms with van der Waals surface area (Å²) in [7, 11) is 1.62. The Kier molecular flexibility index (Phi) is 15.0. The number of nitrogens with two attached hydrogens (primary N) is 4. The Balaban J connectivity index is 1.49. The summed E-state index contributed by atoms with van der Waals surface area (Å²) in [4.78, 5) is 53.7. The Hall–Kier alpha value is -5.45. The summed E-state index contributed by atoms with van der Waals surface area (Å²) in [6.45, 7) is 1.17. The van der Waals surface area contributed by atoms with Crippen LogP contribution in [-0.2, 0) is 33.9 Å². The van der Waals surface area contributed by atoms with E-state index in [-0.39, 0.29) is 30.6 Å². The molecule has 3 amide bonds. The van der Waals surface area contributed by atoms with Crippen LogP contribution >= 0.6 is 23.4 Å². The van der Waals surface area contributed by atoms with Gasteiger partial charge in [0.2, 0.25) is 17.7 Å². The van der Waals surface area contributed by atoms with Gasteiger partial charge in [-0.05, 0) is 97.3 Å². The summed E-state index contributed by atoms with van der Waals surface area (Å²) in [5, 5.41) is 15.4. The van der Waals surface area contributed by atoms with E-state index in [9.17, 15) is 14.4 Å². The highest BCUT2D eigenvalue weighted by Crippen LogP contribution is 2.41. The number of aromatic amines is 1. The number of nitrogens with zero attached hydrogens (tertiary/aromatic N) is 3. The molecule has 0 radical (unpaired) electrons. The molecule has 2 aromatic heterocycles. The summed E-state index contributed by atoms with van der Waals surface area (Å²) < 4.78 is 0. The molecule has 0 spiro atoms. The van der Waals surface area contributed by atoms with Crippen molar-refractivity contribution >= 4 is 57.8 Å². The summed E-state index contributed by atoms with van der Waals surface area (Å²) in [5.74, 6) is 4.60. The minimum atomic E-state index is -0.970. The van der Waals surface area contributed by atoms with E-state index in [1.54, 1.807) is 13.2 Å². The molecular formula is C43H52ClN11O3S. The fourth-order valence-electron chi connectivity index (χ4n) is 7.33. The van der Waals surface area contributed by atoms with E-state index >= 15 is 0 Å². The van der Waals surface area contributed by atoms with Gasteiger partial charge in [-0.15, -0.1) is 0 Å². The van der Waals surface area contributed by atoms with Gasteiger partial charge >= 0.3 is 0 Å². The summed E-state index contributed by atoms with van der Waals surface area (Å²) >= 11 is 8.43. The van der Waals surface area contributed by atoms with Crippen molar-refractivity contribution in [1.82, 2.24) is 30.8 Å². The van der Waals surface area contributed by atoms with Gasteiger partial charge in [-0.1, -0.05) is 71.9 Å². The van der Waals surface area contributed by atoms with E-state index in [0.717, 1.165) is 38.7 Å². The molecule has 3 heterocycles. The number of hydrogen-bond donors (Lipinski definition) is 8. The molecule has 310 valence electrons. The molecule has 14 nitrogen and oxygen atoms in total. The lowest BCUT2D eigenvalue weighted by molar-refractivity contribution is -0.142. The Labute approximate surface area is 353 Å². The molecule has 5 aromatic rings. The number of unbranched alkanes of at least 4 members (excludes halogenated alkanes) is 1. The van der Waals surface area contributed by atoms with Crippen LogP contribution in [0.2, 0.25) is 5.02 Å². The van der Waals surface area contributed by atoms with Crippen molar-refractivity contribution < 1.29 is 14.4 Å². The lowest BCUT2D eigenvalue weighted by atomic mass is 9.97. The average Bonchev–Trinajstić information content (AvgIpc) is 3.67. The van der Waals surface area contributed by atoms with Gasteiger partial charge in [-0.3, -0.25) is 14.4 Å². The fourth-order valence-corrected chi connectivity index (χ4v) is 8.68. The van der Waals surface area contributed by atoms with E-state index < -0.39 is 24.0 Å². The van der Waals surface area contributed by atoms with Crippen LogP contribution in [0.5, 0.6) is 0 Å². The normalized spacial score (nSPS) is 18.5. The second-order valence-electron chi connectivity index (χ2n) is 14.5. The highest BCUT2D eigenvalue weighted by Gasteiger charge is 2.34. The molecule has 1 aliphatic rings. The number of pyridine rings is 1. The first-order chi connectivity index (χ1) is 28.6. The lowest BCUT2D eigenvalue weighted by Crippen LogP contribution is -2.57. The van der Waals surface area contributed by atoms with Crippen LogP contribution in [0.15, 0.2) is 100 Å². The predicted octanol–water partition coefficient (Wildman–Crippen LogP) is 4.12. The van der Waals surface area contributed by atoms with Crippen molar-refractivity contribution in [2.24, 2.45) is 28.1 Å². The number of amides is 3. The molecule has 1 aliphatic heterocycles. The zero-order chi connectivity index (χ0) is 41.9. The van der Waals surface area contributed by atoms with E-state index in [1.807, 2.05) is 79.0 Å². The number of nitrogens with one attached hydrogen (secondary N) is 4. The third-order valence-electron chi connectivity index (χ3n) is 10.6. The largest absolute Gasteiger partial charge is 0.382 e. The van der Waals surface area contributed by atoms with Gasteiger partial charge in [0.15, 0.2) is 0 Å². The van der Waals surface area contributed by atoms with Crippen LogP contribution in [0.1, 0.15) is 54.4 Å². The molecule has 6 rings (SSSR count). The SMILES string of the molecule is CN1C(=O)[C@H](CCCCN)NC(=O)[C@H](CCCN)NCc2cccnc2Sc2c(Cl)ccc(-c3cccc(C(N)=NN)c3)c2CNC(=O)[C@@H]1Cc1c[nH]c2ccccc12. The molecule has 0 bridgehead atoms. The first kappa shape index (κ1) is 43.1. The first-order valence-electron chi connectivity index (χ1n) is 19.7. The first-order valence-corrected chi connectivity index (χ1v) is 20.9. The number of benzene rings is 3. The maximum absolute atomic E-state index is 14.8. The van der Waals surface area contributed by atoms with Crippen molar-refractivity contribution in [1.29, 1.82) is 0 Å². The van der Waals surface area contributed by atoms with E-state index in [0.29, 0.717) is 72.2 Å². The zero-order valence-electron chi connectivity index (χ0n) is 33.0. The van der Waals surface area contributed by atoms with Gasteiger partial charge in [0.1, 0.15) is 22.9 Å². The van der Waals surface area contributed by atoms with E-state index in [1.165, 1.54) is 16.7 Å². The van der Waals surface area contributed by atoms with Gasteiger partial charge in [-0.25, -0.2) is 4.98 Å². The van der Waals surface area contributed by atoms with Crippen molar-refractivity contribution in [3.63, 3.8) is 0 Å². The monoisotopic (exact) mass is 837 g/mol. The van der Waals surface area contributed by atoms with Gasteiger partial charge in [0.05, 0.1) is 11.1 Å². The number of carbonyl (C=O) groups is 3. The van der Waals surface area contributed by atoms with Crippen LogP contribution < -0.4 is 39.0 Å². The molecule has 0 saturated carbocycles. The topological polar surface area (TPSA) is 236 Å². The number of rotatable bonds is 11. The molecule has 0 fully saturated rings. The van der Waals surface area contributed by atoms with Crippen LogP contribution in [0.4, 0.5) is 0 Å². The lowest BCUT2D eigenvalue weighted by Gasteiger charge is -2.32. The van der Waals surface area contributed by atoms with Gasteiger partial charge < -0.3 is 48.9 Å². The van der Waals surface area contributed by atoms with Crippen LogP contribution in [-0.4, -0.2) is 76.7 Å². The van der Waals surface area contributed by atoms with Crippen LogP contribution in [0, 0.1) is 0 Å². The predicted molar refractivity (Wildman–Crippen MR) is 234 cm³/mol. The third-order valence-corrected chi connectivity index (χ3v) is 12.3. The molecule has 12 N–H and O–H groups in total. The number of hydrogen-bond acceptors (Lipinski definition) is 10. The van der Waals surface area contributed by atoms with Gasteiger partial charge in [0.25, 0.3) is 0 Å². The van der Waals surface area contributed by atoms with Crippen molar-refractivity contribution in [3.05, 3.63) is 112 Å². The van der Waals surface area contributed by atoms with Gasteiger partial charge in [0, 0.05) is 60.3 Å². The number of aromatic nitrogens is 2. The molecule has 0 unspecified atom stereocenters. The standard InChI is InChI=1S/C43H52ClN11O3S/c1-55-37(22-29-24-50-34-13-3-2-12-31(29)34)41(57)52-25-32-30(26-9-6-10-27(21-26)39(47)54-48)16-17-33(44)38(32)59-42-28(11-8-20-49-42)23-51-35(15-7-19-46)40(56)53-36(43(55)58)14-4-5-18-45/h2-3,6,8-13,16-17,20-21,24,35-37,50-51H,4-5,7,14-15,18-19,22-23,25,45-46,48H2,1H3,(H2,47,54)(H,52,57)(H,53,56)/t35-,36-,37-/m0/s1. The Morgan fingerprint density at radius 2 is 1.73 bits per heavy atom. The van der Waals surface area contributed by atoms with Crippen LogP contribution in [0.3, 0.4) is 0 Å². The van der Waals surface area contributed by atoms with Crippen LogP contribution in [0.25, 0.3) is 22.0 Å². The highest BCUT2D eigenvalue weighted by atomic mass is 35.5. The molecule has 59 heavy (non-hydrogen) atoms. The Bertz CT molecular complexity index is 2300. The number of H-pyrrole nitrogens is 1. The molecule has 0 saturated heterocycles. The van der Waals surface area contributed by atoms with E-state index in [4.69, 9.17) is 39.6 Å². The van der Waals surface area contributed by atoms with Gasteiger partial charge in [-0.2, -0.15) is 5.10 Å². The fraction of sp³-hybridized carbons (Fsp3) is 0.326. The molecule has 0 aliphatic carbocycles. The number of hydrazone groups is 1. The number of amidine groups is 1. The quantitative estimate of drug-likeness (QED) is 0.0312. The molecular weight excluding hydrogens is 786 g/mol. The summed E-state index contributed by atoms with van der Waals surface area (Å²) in [6.07, 6.45) is 6.38. The zero-order valence-corrected chi connectivity index (χ0v) is 34.6. The minimum absolute atomic E-state index is 0.0480. The number of carbonyl (C=O) groups excluding carboxylic acids is 3. The second kappa shape index (κ2) is 20.5. The van der Waals surface area contributed by atoms with Crippen molar-refractivity contribution in [2.45, 2.75) is 79.7 Å². The van der Waals surface area contributed by atoms with Crippen molar-refractivity contribution in [2.75, 3.05) is 20.1 Å². The van der Waals surface area contributed by atoms with E-state index in [2.05, 4.69) is 26.0 Å². The number of halogens is 1. The third kappa shape index (κ3) is 10.4. The summed E-state index contributed by atoms with van der Waals surface area (Å²) in [5.41, 5.74) is 23.4. The molecule has 16 heteroatoms. The maximum Gasteiger partial charge on any atom is 0.245 e. The maximum atomic E-state index is 14.8. The molecule has 3 atom stereocenters. The second-order valence-corrected chi connectivity index (χ2v) is 15.9. The average molecular weight is 838 g/mol. The molecule has 3 aromatic carbocycles. The summed E-state index contributed by atoms with van der Waals surface area (Å²) in [6, 6.07) is 20.2.